The first-order valence-electron chi connectivity index (χ1n) is 10.0. The zero-order valence-electron chi connectivity index (χ0n) is 18.9. The lowest BCUT2D eigenvalue weighted by atomic mass is 10.1. The predicted molar refractivity (Wildman–Crippen MR) is 127 cm³/mol. The van der Waals surface area contributed by atoms with E-state index in [1.54, 1.807) is 24.9 Å². The van der Waals surface area contributed by atoms with Gasteiger partial charge in [-0.25, -0.2) is 0 Å². The highest BCUT2D eigenvalue weighted by atomic mass is 32.2. The van der Waals surface area contributed by atoms with Gasteiger partial charge >= 0.3 is 0 Å². The number of hydrogen-bond donors (Lipinski definition) is 3. The molecular formula is C22H31N3O7S. The Balaban J connectivity index is 0.00000242. The van der Waals surface area contributed by atoms with Crippen LogP contribution in [0.25, 0.3) is 6.08 Å². The number of phenols is 2. The lowest BCUT2D eigenvalue weighted by Gasteiger charge is -2.18. The highest BCUT2D eigenvalue weighted by molar-refractivity contribution is 8.18. The van der Waals surface area contributed by atoms with Gasteiger partial charge in [0.25, 0.3) is 11.1 Å². The largest absolute Gasteiger partial charge is 0.504 e. The van der Waals surface area contributed by atoms with Gasteiger partial charge in [0.2, 0.25) is 5.91 Å². The minimum atomic E-state index is -0.377. The molecule has 1 saturated heterocycles. The SMILES string of the molecule is C=O.C=O.Cc1cc(/C=C2\SC(=O)N(CCCCN(C)C(=O)CCCN)C2=O)cc(O)c1O. The van der Waals surface area contributed by atoms with Crippen molar-refractivity contribution in [1.82, 2.24) is 9.80 Å². The molecule has 0 saturated carbocycles. The minimum Gasteiger partial charge on any atom is -0.504 e. The molecule has 0 unspecified atom stereocenters. The molecule has 1 aliphatic heterocycles. The number of rotatable bonds is 9. The second-order valence-electron chi connectivity index (χ2n) is 6.95. The van der Waals surface area contributed by atoms with Gasteiger partial charge in [-0.1, -0.05) is 0 Å². The molecule has 0 bridgehead atoms. The van der Waals surface area contributed by atoms with E-state index in [0.29, 0.717) is 49.9 Å². The van der Waals surface area contributed by atoms with E-state index in [0.717, 1.165) is 11.8 Å². The van der Waals surface area contributed by atoms with Crippen LogP contribution < -0.4 is 5.73 Å². The third-order valence-electron chi connectivity index (χ3n) is 4.62. The van der Waals surface area contributed by atoms with E-state index in [-0.39, 0.29) is 40.0 Å². The number of aryl methyl sites for hydroxylation is 1. The molecule has 3 amide bonds. The number of aromatic hydroxyl groups is 2. The van der Waals surface area contributed by atoms with Crippen molar-refractivity contribution >= 4 is 48.5 Å². The molecule has 1 aliphatic rings. The van der Waals surface area contributed by atoms with Crippen LogP contribution in [0.3, 0.4) is 0 Å². The number of phenolic OH excluding ortho intramolecular Hbond substituents is 2. The first kappa shape index (κ1) is 29.8. The Morgan fingerprint density at radius 2 is 1.79 bits per heavy atom. The van der Waals surface area contributed by atoms with Gasteiger partial charge in [0.15, 0.2) is 11.5 Å². The summed E-state index contributed by atoms with van der Waals surface area (Å²) in [6, 6.07) is 2.97. The number of nitrogens with two attached hydrogens (primary N) is 1. The molecule has 0 radical (unpaired) electrons. The predicted octanol–water partition coefficient (Wildman–Crippen LogP) is 2.05. The summed E-state index contributed by atoms with van der Waals surface area (Å²) >= 11 is 0.849. The highest BCUT2D eigenvalue weighted by Crippen LogP contribution is 2.35. The summed E-state index contributed by atoms with van der Waals surface area (Å²) in [5, 5.41) is 19.0. The van der Waals surface area contributed by atoms with Crippen LogP contribution in [0.2, 0.25) is 0 Å². The topological polar surface area (TPSA) is 158 Å². The number of hydrogen-bond acceptors (Lipinski definition) is 9. The van der Waals surface area contributed by atoms with Crippen molar-refractivity contribution in [3.05, 3.63) is 28.2 Å². The van der Waals surface area contributed by atoms with Crippen LogP contribution in [0, 0.1) is 6.92 Å². The fourth-order valence-electron chi connectivity index (χ4n) is 2.90. The van der Waals surface area contributed by atoms with Gasteiger partial charge in [-0.3, -0.25) is 19.3 Å². The number of unbranched alkanes of at least 4 members (excludes halogenated alkanes) is 1. The van der Waals surface area contributed by atoms with Gasteiger partial charge in [0.05, 0.1) is 4.91 Å². The number of benzene rings is 1. The number of imide groups is 1. The number of carbonyl (C=O) groups excluding carboxylic acids is 5. The molecule has 2 rings (SSSR count). The molecule has 0 spiro atoms. The van der Waals surface area contributed by atoms with E-state index < -0.39 is 0 Å². The second-order valence-corrected chi connectivity index (χ2v) is 7.95. The van der Waals surface area contributed by atoms with Gasteiger partial charge < -0.3 is 30.4 Å². The Bertz CT molecular complexity index is 835. The first-order chi connectivity index (χ1) is 15.7. The van der Waals surface area contributed by atoms with E-state index in [4.69, 9.17) is 15.3 Å². The molecule has 10 nitrogen and oxygen atoms in total. The van der Waals surface area contributed by atoms with E-state index in [1.807, 2.05) is 13.6 Å². The Labute approximate surface area is 197 Å². The minimum absolute atomic E-state index is 0.0389. The fourth-order valence-corrected chi connectivity index (χ4v) is 3.77. The molecule has 0 atom stereocenters. The summed E-state index contributed by atoms with van der Waals surface area (Å²) in [4.78, 5) is 55.7. The van der Waals surface area contributed by atoms with Gasteiger partial charge in [-0.15, -0.1) is 0 Å². The normalized spacial score (nSPS) is 13.8. The van der Waals surface area contributed by atoms with Crippen molar-refractivity contribution in [2.24, 2.45) is 5.73 Å². The van der Waals surface area contributed by atoms with E-state index >= 15 is 0 Å². The number of amides is 3. The van der Waals surface area contributed by atoms with E-state index in [2.05, 4.69) is 0 Å². The van der Waals surface area contributed by atoms with Crippen LogP contribution in [0.15, 0.2) is 17.0 Å². The second kappa shape index (κ2) is 15.6. The molecule has 1 aromatic rings. The molecule has 1 aromatic carbocycles. The summed E-state index contributed by atoms with van der Waals surface area (Å²) in [6.07, 6.45) is 3.88. The summed E-state index contributed by atoms with van der Waals surface area (Å²) in [5.41, 5.74) is 6.41. The van der Waals surface area contributed by atoms with E-state index in [9.17, 15) is 24.6 Å². The van der Waals surface area contributed by atoms with Crippen molar-refractivity contribution in [1.29, 1.82) is 0 Å². The molecule has 0 aliphatic carbocycles. The van der Waals surface area contributed by atoms with Gasteiger partial charge in [0, 0.05) is 26.6 Å². The average Bonchev–Trinajstić information content (AvgIpc) is 3.08. The van der Waals surface area contributed by atoms with Crippen molar-refractivity contribution in [2.45, 2.75) is 32.6 Å². The lowest BCUT2D eigenvalue weighted by molar-refractivity contribution is -0.130. The van der Waals surface area contributed by atoms with E-state index in [1.165, 1.54) is 17.0 Å². The number of nitrogens with zero attached hydrogens (tertiary/aromatic N) is 2. The van der Waals surface area contributed by atoms with Crippen LogP contribution in [0.1, 0.15) is 36.8 Å². The Hall–Kier alpha value is -3.18. The summed E-state index contributed by atoms with van der Waals surface area (Å²) in [7, 11) is 1.73. The summed E-state index contributed by atoms with van der Waals surface area (Å²) in [5.74, 6) is -0.822. The number of thioether (sulfide) groups is 1. The van der Waals surface area contributed by atoms with Crippen LogP contribution >= 0.6 is 11.8 Å². The molecule has 1 heterocycles. The van der Waals surface area contributed by atoms with Crippen LogP contribution in [0.4, 0.5) is 4.79 Å². The zero-order chi connectivity index (χ0) is 25.6. The fraction of sp³-hybridized carbons (Fsp3) is 0.409. The monoisotopic (exact) mass is 481 g/mol. The standard InChI is InChI=1S/C20H27N3O5S.2CH2O/c1-13-10-14(11-15(24)18(13)26)12-16-19(27)23(20(28)29-16)9-4-3-8-22(2)17(25)6-5-7-21;2*1-2/h10-12,24,26H,3-9,21H2,1-2H3;2*1H2/b16-12-;;. The Morgan fingerprint density at radius 3 is 2.36 bits per heavy atom. The molecule has 1 fully saturated rings. The Kier molecular flexibility index (Phi) is 14.1. The summed E-state index contributed by atoms with van der Waals surface area (Å²) < 4.78 is 0. The van der Waals surface area contributed by atoms with Crippen LogP contribution in [-0.2, 0) is 19.2 Å². The maximum atomic E-state index is 12.5. The molecule has 182 valence electrons. The maximum absolute atomic E-state index is 12.5. The van der Waals surface area contributed by atoms with Gasteiger partial charge in [0.1, 0.15) is 13.6 Å². The molecule has 0 aromatic heterocycles. The van der Waals surface area contributed by atoms with Crippen LogP contribution in [-0.4, -0.2) is 77.3 Å². The zero-order valence-corrected chi connectivity index (χ0v) is 19.7. The average molecular weight is 482 g/mol. The van der Waals surface area contributed by atoms with Crippen molar-refractivity contribution in [3.63, 3.8) is 0 Å². The van der Waals surface area contributed by atoms with Gasteiger partial charge in [-0.2, -0.15) is 0 Å². The van der Waals surface area contributed by atoms with Gasteiger partial charge in [-0.05, 0) is 73.8 Å². The van der Waals surface area contributed by atoms with Crippen LogP contribution in [0.5, 0.6) is 11.5 Å². The quantitative estimate of drug-likeness (QED) is 0.272. The summed E-state index contributed by atoms with van der Waals surface area (Å²) in [6.45, 7) is 6.96. The Morgan fingerprint density at radius 1 is 1.15 bits per heavy atom. The third kappa shape index (κ3) is 9.07. The molecule has 4 N–H and O–H groups in total. The first-order valence-corrected chi connectivity index (χ1v) is 10.9. The molecule has 11 heteroatoms. The molecule has 33 heavy (non-hydrogen) atoms. The van der Waals surface area contributed by atoms with Crippen molar-refractivity contribution in [3.8, 4) is 11.5 Å². The lowest BCUT2D eigenvalue weighted by Crippen LogP contribution is -2.31. The highest BCUT2D eigenvalue weighted by Gasteiger charge is 2.34. The molecular weight excluding hydrogens is 450 g/mol. The number of carbonyl (C=O) groups is 5. The van der Waals surface area contributed by atoms with Crippen molar-refractivity contribution < 1.29 is 34.2 Å². The maximum Gasteiger partial charge on any atom is 0.293 e. The third-order valence-corrected chi connectivity index (χ3v) is 5.53. The van der Waals surface area contributed by atoms with Crippen molar-refractivity contribution in [2.75, 3.05) is 26.7 Å². The smallest absolute Gasteiger partial charge is 0.293 e.